The number of phenolic OH excluding ortho intramolecular Hbond substituents is 1. The highest BCUT2D eigenvalue weighted by Crippen LogP contribution is 2.44. The van der Waals surface area contributed by atoms with Crippen molar-refractivity contribution in [3.05, 3.63) is 87.7 Å². The average Bonchev–Trinajstić information content (AvgIpc) is 4.31. The number of amides is 4. The summed E-state index contributed by atoms with van der Waals surface area (Å²) >= 11 is 8.16. The lowest BCUT2D eigenvalue weighted by Gasteiger charge is -2.35. The van der Waals surface area contributed by atoms with Gasteiger partial charge in [0.15, 0.2) is 5.82 Å². The molecular formula is C59H71ClF2N10O8S. The van der Waals surface area contributed by atoms with Crippen molar-refractivity contribution in [1.29, 1.82) is 0 Å². The molecule has 81 heavy (non-hydrogen) atoms. The molecule has 9 rings (SSSR count). The number of ether oxygens (including phenoxy) is 3. The molecule has 4 heterocycles. The van der Waals surface area contributed by atoms with E-state index in [9.17, 15) is 24.3 Å². The van der Waals surface area contributed by atoms with Crippen molar-refractivity contribution in [2.24, 2.45) is 17.6 Å². The number of ketones is 1. The molecule has 0 unspecified atom stereocenters. The Morgan fingerprint density at radius 3 is 2.35 bits per heavy atom. The Hall–Kier alpha value is -6.78. The molecule has 6 aromatic rings. The lowest BCUT2D eigenvalue weighted by molar-refractivity contribution is -0.141. The summed E-state index contributed by atoms with van der Waals surface area (Å²) in [5.74, 6) is -1.39. The number of urea groups is 1. The molecule has 18 nitrogen and oxygen atoms in total. The highest BCUT2D eigenvalue weighted by atomic mass is 35.5. The molecule has 432 valence electrons. The van der Waals surface area contributed by atoms with Gasteiger partial charge in [0.1, 0.15) is 46.0 Å². The fourth-order valence-electron chi connectivity index (χ4n) is 11.2. The average molecular weight is 1150 g/mol. The van der Waals surface area contributed by atoms with Gasteiger partial charge in [-0.1, -0.05) is 61.2 Å². The number of halogens is 3. The van der Waals surface area contributed by atoms with Gasteiger partial charge < -0.3 is 55.3 Å². The normalized spacial score (nSPS) is 16.7. The number of phenols is 1. The van der Waals surface area contributed by atoms with E-state index in [0.717, 1.165) is 77.4 Å². The van der Waals surface area contributed by atoms with E-state index in [0.29, 0.717) is 58.4 Å². The number of aromatic hydroxyl groups is 1. The number of likely N-dealkylation sites (N-methyl/N-ethyl adjacent to an activating group) is 2. The Kier molecular flexibility index (Phi) is 19.9. The molecule has 3 fully saturated rings. The molecule has 1 aliphatic carbocycles. The maximum Gasteiger partial charge on any atom is 0.314 e. The Morgan fingerprint density at radius 1 is 0.864 bits per heavy atom. The highest BCUT2D eigenvalue weighted by molar-refractivity contribution is 7.10. The number of thiazole rings is 1. The number of carbonyl (C=O) groups is 4. The predicted molar refractivity (Wildman–Crippen MR) is 310 cm³/mol. The van der Waals surface area contributed by atoms with Crippen LogP contribution >= 0.6 is 22.9 Å². The Morgan fingerprint density at radius 2 is 1.60 bits per heavy atom. The molecule has 1 saturated carbocycles. The van der Waals surface area contributed by atoms with Gasteiger partial charge in [-0.25, -0.2) is 23.5 Å². The van der Waals surface area contributed by atoms with E-state index < -0.39 is 29.0 Å². The van der Waals surface area contributed by atoms with E-state index in [1.54, 1.807) is 25.4 Å². The monoisotopic (exact) mass is 1150 g/mol. The number of rotatable bonds is 24. The fraction of sp³-hybridized carbons (Fsp3) is 0.475. The maximum atomic E-state index is 16.5. The molecule has 2 saturated heterocycles. The number of nitrogens with one attached hydrogen (secondary N) is 2. The summed E-state index contributed by atoms with van der Waals surface area (Å²) in [5.41, 5.74) is 6.37. The van der Waals surface area contributed by atoms with Gasteiger partial charge in [0.05, 0.1) is 54.8 Å². The summed E-state index contributed by atoms with van der Waals surface area (Å²) in [6.45, 7) is 5.70. The van der Waals surface area contributed by atoms with Crippen LogP contribution in [0.1, 0.15) is 75.8 Å². The number of likely N-dealkylation sites (tertiary alicyclic amines) is 1. The van der Waals surface area contributed by atoms with Crippen LogP contribution in [0.4, 0.5) is 25.3 Å². The first kappa shape index (κ1) is 58.9. The zero-order valence-corrected chi connectivity index (χ0v) is 47.6. The van der Waals surface area contributed by atoms with Gasteiger partial charge in [-0.3, -0.25) is 14.4 Å². The zero-order valence-electron chi connectivity index (χ0n) is 46.1. The van der Waals surface area contributed by atoms with Crippen LogP contribution in [0.5, 0.6) is 11.5 Å². The topological polar surface area (TPSA) is 218 Å². The van der Waals surface area contributed by atoms with Gasteiger partial charge >= 0.3 is 6.03 Å². The number of carbonyl (C=O) groups excluding carboxylic acids is 4. The first-order chi connectivity index (χ1) is 39.2. The van der Waals surface area contributed by atoms with E-state index in [2.05, 4.69) is 32.0 Å². The van der Waals surface area contributed by atoms with Crippen LogP contribution < -0.4 is 26.0 Å². The summed E-state index contributed by atoms with van der Waals surface area (Å²) in [5, 5.41) is 21.6. The Labute approximate surface area is 479 Å². The second kappa shape index (κ2) is 27.3. The molecule has 3 aliphatic rings. The minimum absolute atomic E-state index is 0.00389. The molecule has 0 spiro atoms. The summed E-state index contributed by atoms with van der Waals surface area (Å²) in [7, 11) is 3.45. The molecule has 4 amide bonds. The van der Waals surface area contributed by atoms with E-state index in [1.165, 1.54) is 34.4 Å². The smallest absolute Gasteiger partial charge is 0.314 e. The van der Waals surface area contributed by atoms with Gasteiger partial charge in [-0.2, -0.15) is 4.98 Å². The van der Waals surface area contributed by atoms with Crippen LogP contribution in [0, 0.1) is 23.5 Å². The van der Waals surface area contributed by atoms with Crippen molar-refractivity contribution in [3.8, 4) is 33.9 Å². The second-order valence-corrected chi connectivity index (χ2v) is 22.2. The molecule has 22 heteroatoms. The first-order valence-corrected chi connectivity index (χ1v) is 29.2. The van der Waals surface area contributed by atoms with Gasteiger partial charge in [0, 0.05) is 98.9 Å². The van der Waals surface area contributed by atoms with Gasteiger partial charge in [-0.05, 0) is 81.3 Å². The summed E-state index contributed by atoms with van der Waals surface area (Å²) in [6, 6.07) is 16.1. The first-order valence-electron chi connectivity index (χ1n) is 27.9. The van der Waals surface area contributed by atoms with Gasteiger partial charge in [-0.15, -0.1) is 11.3 Å². The summed E-state index contributed by atoms with van der Waals surface area (Å²) < 4.78 is 49.4. The predicted octanol–water partition coefficient (Wildman–Crippen LogP) is 9.21. The zero-order chi connectivity index (χ0) is 57.2. The number of Topliss-reactive ketones (excluding diaryl/α,β-unsaturated/α-hetero) is 1. The van der Waals surface area contributed by atoms with Crippen molar-refractivity contribution < 1.29 is 47.3 Å². The van der Waals surface area contributed by atoms with Crippen molar-refractivity contribution in [1.82, 2.24) is 35.0 Å². The second-order valence-electron chi connectivity index (χ2n) is 20.9. The highest BCUT2D eigenvalue weighted by Gasteiger charge is 2.40. The standard InChI is InChI=1S/C59H71ClF2N10O8S/c1-36(64-2)48(74)34-41(37-11-5-4-6-12-37)57(76)72-22-10-16-46(72)56-66-45(35-81-56)39-18-19-49(40-14-8-7-13-38(39)40)80-32-31-79-30-29-78-28-27-69(3)50(75)20-21-65-59-67-54-42(55(68-59)70-23-25-71(26-24-70)58(63)77)33-43(60)51(53(54)62)52-44(61)15-9-17-47(52)73/h7-9,13-15,17-19,33,35-37,41,46,64,73H,4-6,10-12,16,20-32,34H2,1-3H3,(H2,63,77)(H,65,67,68)/t36-,41-,46-/m0/s1. The van der Waals surface area contributed by atoms with E-state index in [-0.39, 0.29) is 108 Å². The quantitative estimate of drug-likeness (QED) is 0.0416. The van der Waals surface area contributed by atoms with Crippen LogP contribution in [-0.2, 0) is 23.9 Å². The number of nitrogens with two attached hydrogens (primary N) is 1. The number of benzene rings is 4. The third-order valence-corrected chi connectivity index (χ3v) is 17.1. The van der Waals surface area contributed by atoms with Crippen molar-refractivity contribution >= 4 is 80.0 Å². The number of hydrogen-bond acceptors (Lipinski definition) is 15. The molecule has 0 radical (unpaired) electrons. The number of hydrogen-bond donors (Lipinski definition) is 4. The third kappa shape index (κ3) is 13.8. The van der Waals surface area contributed by atoms with Crippen LogP contribution in [0.15, 0.2) is 66.0 Å². The Balaban J connectivity index is 0.729. The van der Waals surface area contributed by atoms with E-state index in [1.807, 2.05) is 47.1 Å². The van der Waals surface area contributed by atoms with Crippen LogP contribution in [0.3, 0.4) is 0 Å². The summed E-state index contributed by atoms with van der Waals surface area (Å²) in [6.07, 6.45) is 7.42. The van der Waals surface area contributed by atoms with Crippen molar-refractivity contribution in [2.45, 2.75) is 76.8 Å². The van der Waals surface area contributed by atoms with Crippen molar-refractivity contribution in [2.75, 3.05) is 103 Å². The van der Waals surface area contributed by atoms with Crippen LogP contribution in [-0.4, -0.2) is 157 Å². The lowest BCUT2D eigenvalue weighted by Crippen LogP contribution is -2.50. The molecule has 0 bridgehead atoms. The largest absolute Gasteiger partial charge is 0.507 e. The number of piperazine rings is 1. The van der Waals surface area contributed by atoms with Gasteiger partial charge in [0.2, 0.25) is 17.8 Å². The van der Waals surface area contributed by atoms with Crippen LogP contribution in [0.25, 0.3) is 44.1 Å². The van der Waals surface area contributed by atoms with E-state index in [4.69, 9.17) is 36.5 Å². The number of aromatic nitrogens is 3. The number of nitrogens with zero attached hydrogens (tertiary/aromatic N) is 7. The van der Waals surface area contributed by atoms with Crippen molar-refractivity contribution in [3.63, 3.8) is 0 Å². The van der Waals surface area contributed by atoms with E-state index >= 15 is 8.78 Å². The molecule has 2 aliphatic heterocycles. The molecule has 4 aromatic carbocycles. The minimum Gasteiger partial charge on any atom is -0.507 e. The number of anilines is 2. The molecule has 3 atom stereocenters. The third-order valence-electron chi connectivity index (χ3n) is 15.8. The lowest BCUT2D eigenvalue weighted by atomic mass is 9.76. The van der Waals surface area contributed by atoms with Gasteiger partial charge in [0.25, 0.3) is 0 Å². The van der Waals surface area contributed by atoms with Crippen LogP contribution in [0.2, 0.25) is 5.02 Å². The Bertz CT molecular complexity index is 3190. The number of fused-ring (bicyclic) bond motifs is 2. The maximum absolute atomic E-state index is 16.5. The molecule has 2 aromatic heterocycles. The SMILES string of the molecule is CN[C@@H](C)C(=O)C[C@H](C(=O)N1CCC[C@H]1c1nc(-c2ccc(OCCOCCOCCN(C)C(=O)CCNc3nc(N4CCN(C(N)=O)CC4)c4cc(Cl)c(-c5c(O)cccc5F)c(F)c4n3)c3ccccc23)cs1)C1CCCCC1. The molecular weight excluding hydrogens is 1080 g/mol. The number of primary amides is 1. The fourth-order valence-corrected chi connectivity index (χ4v) is 12.4. The molecule has 5 N–H and O–H groups in total. The summed E-state index contributed by atoms with van der Waals surface area (Å²) in [4.78, 5) is 73.8. The minimum atomic E-state index is -0.970.